The van der Waals surface area contributed by atoms with Crippen molar-refractivity contribution in [2.24, 2.45) is 0 Å². The van der Waals surface area contributed by atoms with Crippen molar-refractivity contribution < 1.29 is 49.3 Å². The van der Waals surface area contributed by atoms with Gasteiger partial charge in [0, 0.05) is 6.42 Å². The van der Waals surface area contributed by atoms with Crippen molar-refractivity contribution in [3.8, 4) is 0 Å². The summed E-state index contributed by atoms with van der Waals surface area (Å²) in [5.74, 6) is -1.20. The predicted octanol–water partition coefficient (Wildman–Crippen LogP) is 16.5. The van der Waals surface area contributed by atoms with E-state index in [1.54, 1.807) is 6.08 Å². The number of amides is 1. The Balaban J connectivity index is 2.54. The van der Waals surface area contributed by atoms with Crippen LogP contribution in [0.15, 0.2) is 24.3 Å². The summed E-state index contributed by atoms with van der Waals surface area (Å²) in [5.41, 5.74) is 0. The summed E-state index contributed by atoms with van der Waals surface area (Å²) in [7, 11) is 0. The van der Waals surface area contributed by atoms with Crippen molar-refractivity contribution in [1.29, 1.82) is 0 Å². The van der Waals surface area contributed by atoms with Gasteiger partial charge in [-0.25, -0.2) is 0 Å². The van der Waals surface area contributed by atoms with Gasteiger partial charge in [0.1, 0.15) is 24.4 Å². The molecule has 78 heavy (non-hydrogen) atoms. The zero-order valence-electron chi connectivity index (χ0n) is 51.1. The van der Waals surface area contributed by atoms with E-state index in [-0.39, 0.29) is 19.4 Å². The summed E-state index contributed by atoms with van der Waals surface area (Å²) >= 11 is 0. The SMILES string of the molecule is CCCCCCCCC/C=C\CCCCC(O)C(=O)NC(COC1OC(CO)C(O)C(O)C1OC(=O)CCCCCCCCCCCCCCCCCCCCCCCCCCC)C(O)/C=C/CCCCCCCCCCC. The van der Waals surface area contributed by atoms with Crippen molar-refractivity contribution >= 4 is 11.9 Å². The minimum Gasteiger partial charge on any atom is -0.454 e. The molecular formula is C67H127NO10. The Kier molecular flexibility index (Phi) is 52.9. The maximum atomic E-state index is 13.4. The first-order chi connectivity index (χ1) is 38.2. The molecule has 1 fully saturated rings. The van der Waals surface area contributed by atoms with E-state index < -0.39 is 67.4 Å². The Hall–Kier alpha value is -1.86. The molecule has 0 aromatic carbocycles. The van der Waals surface area contributed by atoms with E-state index >= 15 is 0 Å². The number of unbranched alkanes of at least 4 members (excludes halogenated alkanes) is 42. The van der Waals surface area contributed by atoms with Crippen LogP contribution in [-0.2, 0) is 23.8 Å². The number of nitrogens with one attached hydrogen (secondary N) is 1. The van der Waals surface area contributed by atoms with Crippen LogP contribution in [0.2, 0.25) is 0 Å². The highest BCUT2D eigenvalue weighted by Crippen LogP contribution is 2.26. The second-order valence-corrected chi connectivity index (χ2v) is 23.6. The third kappa shape index (κ3) is 42.9. The summed E-state index contributed by atoms with van der Waals surface area (Å²) in [5, 5.41) is 57.0. The maximum absolute atomic E-state index is 13.4. The topological polar surface area (TPSA) is 175 Å². The summed E-state index contributed by atoms with van der Waals surface area (Å²) in [6, 6.07) is -1.03. The van der Waals surface area contributed by atoms with Crippen molar-refractivity contribution in [2.45, 2.75) is 378 Å². The number of aliphatic hydroxyl groups is 5. The summed E-state index contributed by atoms with van der Waals surface area (Å²) in [4.78, 5) is 26.5. The average Bonchev–Trinajstić information content (AvgIpc) is 3.44. The highest BCUT2D eigenvalue weighted by molar-refractivity contribution is 5.80. The van der Waals surface area contributed by atoms with E-state index in [1.165, 1.54) is 225 Å². The van der Waals surface area contributed by atoms with E-state index in [9.17, 15) is 35.1 Å². The number of allylic oxidation sites excluding steroid dienone is 3. The van der Waals surface area contributed by atoms with Crippen molar-refractivity contribution in [1.82, 2.24) is 5.32 Å². The maximum Gasteiger partial charge on any atom is 0.306 e. The van der Waals surface area contributed by atoms with E-state index in [1.807, 2.05) is 6.08 Å². The Labute approximate surface area is 480 Å². The third-order valence-electron chi connectivity index (χ3n) is 16.1. The second-order valence-electron chi connectivity index (χ2n) is 23.6. The second kappa shape index (κ2) is 55.7. The number of carbonyl (C=O) groups excluding carboxylic acids is 2. The van der Waals surface area contributed by atoms with Crippen LogP contribution in [0.4, 0.5) is 0 Å². The zero-order chi connectivity index (χ0) is 56.8. The first-order valence-electron chi connectivity index (χ1n) is 33.6. The largest absolute Gasteiger partial charge is 0.454 e. The Bertz CT molecular complexity index is 1360. The number of aliphatic hydroxyl groups excluding tert-OH is 5. The molecule has 6 N–H and O–H groups in total. The number of ether oxygens (including phenoxy) is 3. The quantitative estimate of drug-likeness (QED) is 0.0195. The number of esters is 1. The number of hydrogen-bond donors (Lipinski definition) is 6. The first kappa shape index (κ1) is 74.2. The molecule has 460 valence electrons. The Morgan fingerprint density at radius 1 is 0.487 bits per heavy atom. The number of carbonyl (C=O) groups is 2. The molecule has 0 radical (unpaired) electrons. The average molecular weight is 1110 g/mol. The number of rotatable bonds is 58. The highest BCUT2D eigenvalue weighted by Gasteiger charge is 2.47. The van der Waals surface area contributed by atoms with Crippen molar-refractivity contribution in [3.63, 3.8) is 0 Å². The lowest BCUT2D eigenvalue weighted by Crippen LogP contribution is -2.61. The molecule has 0 saturated carbocycles. The molecule has 0 aromatic rings. The fourth-order valence-electron chi connectivity index (χ4n) is 10.8. The molecule has 1 aliphatic rings. The fraction of sp³-hybridized carbons (Fsp3) is 0.910. The lowest BCUT2D eigenvalue weighted by Gasteiger charge is -2.41. The molecule has 8 unspecified atom stereocenters. The van der Waals surface area contributed by atoms with Gasteiger partial charge in [0.15, 0.2) is 12.4 Å². The van der Waals surface area contributed by atoms with Crippen molar-refractivity contribution in [2.75, 3.05) is 13.2 Å². The Morgan fingerprint density at radius 2 is 0.846 bits per heavy atom. The minimum atomic E-state index is -1.61. The van der Waals surface area contributed by atoms with Crippen LogP contribution in [0.1, 0.15) is 329 Å². The molecule has 1 saturated heterocycles. The minimum absolute atomic E-state index is 0.128. The molecule has 1 rings (SSSR count). The van der Waals surface area contributed by atoms with E-state index in [0.29, 0.717) is 12.8 Å². The Morgan fingerprint density at radius 3 is 1.24 bits per heavy atom. The molecule has 0 bridgehead atoms. The van der Waals surface area contributed by atoms with Gasteiger partial charge in [-0.2, -0.15) is 0 Å². The number of hydrogen-bond acceptors (Lipinski definition) is 10. The fourth-order valence-corrected chi connectivity index (χ4v) is 10.8. The molecule has 1 amide bonds. The van der Waals surface area contributed by atoms with Gasteiger partial charge in [-0.3, -0.25) is 9.59 Å². The van der Waals surface area contributed by atoms with Gasteiger partial charge in [-0.15, -0.1) is 0 Å². The van der Waals surface area contributed by atoms with Gasteiger partial charge in [0.25, 0.3) is 0 Å². The van der Waals surface area contributed by atoms with Crippen LogP contribution >= 0.6 is 0 Å². The summed E-state index contributed by atoms with van der Waals surface area (Å²) in [6.07, 6.45) is 55.3. The molecule has 11 heteroatoms. The normalized spacial score (nSPS) is 19.0. The summed E-state index contributed by atoms with van der Waals surface area (Å²) in [6.45, 7) is 5.80. The van der Waals surface area contributed by atoms with Gasteiger partial charge in [-0.05, 0) is 51.4 Å². The van der Waals surface area contributed by atoms with Crippen LogP contribution in [0, 0.1) is 0 Å². The molecule has 1 heterocycles. The third-order valence-corrected chi connectivity index (χ3v) is 16.1. The van der Waals surface area contributed by atoms with Crippen LogP contribution < -0.4 is 5.32 Å². The van der Waals surface area contributed by atoms with E-state index in [2.05, 4.69) is 38.2 Å². The zero-order valence-corrected chi connectivity index (χ0v) is 51.1. The van der Waals surface area contributed by atoms with Crippen LogP contribution in [-0.4, -0.2) is 99.6 Å². The first-order valence-corrected chi connectivity index (χ1v) is 33.6. The highest BCUT2D eigenvalue weighted by atomic mass is 16.7. The van der Waals surface area contributed by atoms with Crippen LogP contribution in [0.25, 0.3) is 0 Å². The molecule has 0 aromatic heterocycles. The lowest BCUT2D eigenvalue weighted by molar-refractivity contribution is -0.305. The standard InChI is InChI=1S/C67H127NO10/c1-4-7-10-13-16-19-22-24-25-26-27-28-29-30-31-32-33-34-35-37-40-43-46-49-52-55-62(72)78-65-64(74)63(73)61(56-69)77-67(65)76-57-58(59(70)53-50-47-44-41-38-21-18-15-12-9-6-3)68-66(75)60(71)54-51-48-45-42-39-36-23-20-17-14-11-8-5-2/h39,42,50,53,58-61,63-65,67,69-71,73-74H,4-38,40-41,43-49,51-52,54-57H2,1-3H3,(H,68,75)/b42-39-,53-50+. The molecule has 1 aliphatic heterocycles. The monoisotopic (exact) mass is 1110 g/mol. The molecule has 8 atom stereocenters. The van der Waals surface area contributed by atoms with Gasteiger partial charge >= 0.3 is 5.97 Å². The van der Waals surface area contributed by atoms with Gasteiger partial charge < -0.3 is 45.1 Å². The molecule has 11 nitrogen and oxygen atoms in total. The lowest BCUT2D eigenvalue weighted by atomic mass is 9.99. The van der Waals surface area contributed by atoms with Gasteiger partial charge in [-0.1, -0.05) is 295 Å². The predicted molar refractivity (Wildman–Crippen MR) is 324 cm³/mol. The molecule has 0 spiro atoms. The van der Waals surface area contributed by atoms with Crippen LogP contribution in [0.3, 0.4) is 0 Å². The smallest absolute Gasteiger partial charge is 0.306 e. The van der Waals surface area contributed by atoms with Gasteiger partial charge in [0.2, 0.25) is 5.91 Å². The van der Waals surface area contributed by atoms with E-state index in [4.69, 9.17) is 14.2 Å². The van der Waals surface area contributed by atoms with Gasteiger partial charge in [0.05, 0.1) is 25.4 Å². The van der Waals surface area contributed by atoms with E-state index in [0.717, 1.165) is 57.8 Å². The molecule has 0 aliphatic carbocycles. The van der Waals surface area contributed by atoms with Crippen LogP contribution in [0.5, 0.6) is 0 Å². The molecular weight excluding hydrogens is 979 g/mol. The van der Waals surface area contributed by atoms with Crippen molar-refractivity contribution in [3.05, 3.63) is 24.3 Å². The summed E-state index contributed by atoms with van der Waals surface area (Å²) < 4.78 is 17.6.